The van der Waals surface area contributed by atoms with E-state index >= 15 is 0 Å². The van der Waals surface area contributed by atoms with E-state index in [4.69, 9.17) is 5.26 Å². The third-order valence-corrected chi connectivity index (χ3v) is 5.47. The molecule has 0 heterocycles. The molecule has 0 bridgehead atoms. The van der Waals surface area contributed by atoms with Crippen LogP contribution in [-0.2, 0) is 22.3 Å². The highest BCUT2D eigenvalue weighted by atomic mass is 79.9. The van der Waals surface area contributed by atoms with Gasteiger partial charge in [0.2, 0.25) is 10.0 Å². The predicted octanol–water partition coefficient (Wildman–Crippen LogP) is 3.28. The molecular formula is C16H15BrN2O2S. The molecule has 4 nitrogen and oxygen atoms in total. The van der Waals surface area contributed by atoms with Crippen molar-refractivity contribution in [2.75, 3.05) is 7.05 Å². The minimum atomic E-state index is -3.41. The molecule has 0 radical (unpaired) electrons. The lowest BCUT2D eigenvalue weighted by molar-refractivity contribution is 0.466. The third-order valence-electron chi connectivity index (χ3n) is 3.20. The fourth-order valence-corrected chi connectivity index (χ4v) is 3.61. The van der Waals surface area contributed by atoms with Gasteiger partial charge < -0.3 is 0 Å². The molecule has 0 N–H and O–H groups in total. The monoisotopic (exact) mass is 378 g/mol. The van der Waals surface area contributed by atoms with Gasteiger partial charge >= 0.3 is 0 Å². The Morgan fingerprint density at radius 1 is 1.14 bits per heavy atom. The molecule has 0 saturated carbocycles. The van der Waals surface area contributed by atoms with Crippen molar-refractivity contribution in [1.82, 2.24) is 4.31 Å². The van der Waals surface area contributed by atoms with Gasteiger partial charge in [-0.1, -0.05) is 40.2 Å². The van der Waals surface area contributed by atoms with Gasteiger partial charge in [-0.25, -0.2) is 12.7 Å². The number of nitriles is 1. The van der Waals surface area contributed by atoms with Gasteiger partial charge in [-0.05, 0) is 35.4 Å². The zero-order chi connectivity index (χ0) is 16.2. The van der Waals surface area contributed by atoms with Crippen molar-refractivity contribution in [3.63, 3.8) is 0 Å². The molecule has 0 aromatic heterocycles. The zero-order valence-electron chi connectivity index (χ0n) is 12.0. The second-order valence-corrected chi connectivity index (χ2v) is 7.94. The van der Waals surface area contributed by atoms with E-state index in [9.17, 15) is 8.42 Å². The molecule has 22 heavy (non-hydrogen) atoms. The van der Waals surface area contributed by atoms with Crippen LogP contribution in [-0.4, -0.2) is 19.8 Å². The maximum absolute atomic E-state index is 12.4. The predicted molar refractivity (Wildman–Crippen MR) is 89.4 cm³/mol. The molecule has 2 aromatic rings. The Morgan fingerprint density at radius 3 is 2.41 bits per heavy atom. The van der Waals surface area contributed by atoms with Crippen LogP contribution in [0, 0.1) is 11.3 Å². The quantitative estimate of drug-likeness (QED) is 0.801. The zero-order valence-corrected chi connectivity index (χ0v) is 14.4. The van der Waals surface area contributed by atoms with Gasteiger partial charge in [-0.2, -0.15) is 5.26 Å². The van der Waals surface area contributed by atoms with E-state index in [1.54, 1.807) is 31.3 Å². The summed E-state index contributed by atoms with van der Waals surface area (Å²) in [7, 11) is -1.84. The molecule has 0 fully saturated rings. The van der Waals surface area contributed by atoms with Crippen LogP contribution < -0.4 is 0 Å². The van der Waals surface area contributed by atoms with Crippen molar-refractivity contribution in [3.8, 4) is 6.07 Å². The van der Waals surface area contributed by atoms with Gasteiger partial charge in [-0.3, -0.25) is 0 Å². The first-order valence-electron chi connectivity index (χ1n) is 6.58. The van der Waals surface area contributed by atoms with Crippen molar-refractivity contribution < 1.29 is 8.42 Å². The summed E-state index contributed by atoms with van der Waals surface area (Å²) in [5, 5.41) is 8.76. The van der Waals surface area contributed by atoms with Gasteiger partial charge in [-0.15, -0.1) is 0 Å². The highest BCUT2D eigenvalue weighted by Crippen LogP contribution is 2.16. The van der Waals surface area contributed by atoms with Crippen LogP contribution in [0.1, 0.15) is 16.7 Å². The molecule has 114 valence electrons. The molecule has 0 unspecified atom stereocenters. The molecule has 0 aliphatic heterocycles. The standard InChI is InChI=1S/C16H15BrN2O2S/c1-19(11-15-3-2-4-16(17)9-15)22(20,21)12-14-7-5-13(10-18)6-8-14/h2-9H,11-12H2,1H3. The summed E-state index contributed by atoms with van der Waals surface area (Å²) in [5.74, 6) is -0.0801. The third kappa shape index (κ3) is 4.41. The Morgan fingerprint density at radius 2 is 1.82 bits per heavy atom. The largest absolute Gasteiger partial charge is 0.218 e. The Hall–Kier alpha value is -1.68. The van der Waals surface area contributed by atoms with Crippen LogP contribution in [0.15, 0.2) is 53.0 Å². The lowest BCUT2D eigenvalue weighted by Gasteiger charge is -2.17. The lowest BCUT2D eigenvalue weighted by Crippen LogP contribution is -2.27. The molecule has 2 aromatic carbocycles. The Kier molecular flexibility index (Phi) is 5.35. The number of sulfonamides is 1. The fraction of sp³-hybridized carbons (Fsp3) is 0.188. The van der Waals surface area contributed by atoms with Gasteiger partial charge in [0, 0.05) is 18.1 Å². The minimum absolute atomic E-state index is 0.0801. The summed E-state index contributed by atoms with van der Waals surface area (Å²) in [6, 6.07) is 16.2. The number of rotatable bonds is 5. The van der Waals surface area contributed by atoms with Crippen LogP contribution in [0.4, 0.5) is 0 Å². The van der Waals surface area contributed by atoms with Crippen LogP contribution in [0.25, 0.3) is 0 Å². The second-order valence-electron chi connectivity index (χ2n) is 4.95. The first kappa shape index (κ1) is 16.7. The van der Waals surface area contributed by atoms with Crippen molar-refractivity contribution in [1.29, 1.82) is 5.26 Å². The topological polar surface area (TPSA) is 61.2 Å². The maximum atomic E-state index is 12.4. The number of hydrogen-bond donors (Lipinski definition) is 0. The van der Waals surface area contributed by atoms with Gasteiger partial charge in [0.15, 0.2) is 0 Å². The summed E-state index contributed by atoms with van der Waals surface area (Å²) in [6.45, 7) is 0.318. The smallest absolute Gasteiger partial charge is 0.212 e. The molecule has 0 saturated heterocycles. The minimum Gasteiger partial charge on any atom is -0.212 e. The van der Waals surface area contributed by atoms with E-state index in [2.05, 4.69) is 15.9 Å². The molecule has 6 heteroatoms. The van der Waals surface area contributed by atoms with E-state index in [0.29, 0.717) is 17.7 Å². The van der Waals surface area contributed by atoms with Crippen LogP contribution in [0.5, 0.6) is 0 Å². The van der Waals surface area contributed by atoms with Crippen LogP contribution in [0.2, 0.25) is 0 Å². The first-order valence-corrected chi connectivity index (χ1v) is 8.98. The average Bonchev–Trinajstić information content (AvgIpc) is 2.47. The Balaban J connectivity index is 2.10. The molecule has 0 aliphatic rings. The van der Waals surface area contributed by atoms with E-state index in [1.807, 2.05) is 30.3 Å². The van der Waals surface area contributed by atoms with E-state index < -0.39 is 10.0 Å². The number of benzene rings is 2. The first-order chi connectivity index (χ1) is 10.4. The summed E-state index contributed by atoms with van der Waals surface area (Å²) in [6.07, 6.45) is 0. The Bertz CT molecular complexity index is 796. The van der Waals surface area contributed by atoms with Gasteiger partial charge in [0.1, 0.15) is 0 Å². The van der Waals surface area contributed by atoms with E-state index in [-0.39, 0.29) is 5.75 Å². The summed E-state index contributed by atoms with van der Waals surface area (Å²) in [5.41, 5.74) is 2.10. The molecule has 0 amide bonds. The highest BCUT2D eigenvalue weighted by molar-refractivity contribution is 9.10. The number of halogens is 1. The lowest BCUT2D eigenvalue weighted by atomic mass is 10.2. The molecule has 0 spiro atoms. The van der Waals surface area contributed by atoms with Crippen molar-refractivity contribution in [3.05, 3.63) is 69.7 Å². The summed E-state index contributed by atoms with van der Waals surface area (Å²) < 4.78 is 27.0. The number of nitrogens with zero attached hydrogens (tertiary/aromatic N) is 2. The SMILES string of the molecule is CN(Cc1cccc(Br)c1)S(=O)(=O)Cc1ccc(C#N)cc1. The molecule has 0 atom stereocenters. The molecular weight excluding hydrogens is 364 g/mol. The summed E-state index contributed by atoms with van der Waals surface area (Å²) in [4.78, 5) is 0. The van der Waals surface area contributed by atoms with Crippen LogP contribution in [0.3, 0.4) is 0 Å². The average molecular weight is 379 g/mol. The van der Waals surface area contributed by atoms with Crippen molar-refractivity contribution >= 4 is 26.0 Å². The second kappa shape index (κ2) is 7.05. The highest BCUT2D eigenvalue weighted by Gasteiger charge is 2.18. The van der Waals surface area contributed by atoms with Gasteiger partial charge in [0.25, 0.3) is 0 Å². The molecule has 0 aliphatic carbocycles. The number of hydrogen-bond acceptors (Lipinski definition) is 3. The normalized spacial score (nSPS) is 11.4. The molecule has 2 rings (SSSR count). The van der Waals surface area contributed by atoms with E-state index in [1.165, 1.54) is 4.31 Å². The van der Waals surface area contributed by atoms with Crippen molar-refractivity contribution in [2.24, 2.45) is 0 Å². The fourth-order valence-electron chi connectivity index (χ4n) is 1.99. The van der Waals surface area contributed by atoms with Crippen LogP contribution >= 0.6 is 15.9 Å². The summed E-state index contributed by atoms with van der Waals surface area (Å²) >= 11 is 3.38. The van der Waals surface area contributed by atoms with Crippen molar-refractivity contribution in [2.45, 2.75) is 12.3 Å². The van der Waals surface area contributed by atoms with E-state index in [0.717, 1.165) is 10.0 Å². The maximum Gasteiger partial charge on any atom is 0.218 e. The Labute approximate surface area is 139 Å². The van der Waals surface area contributed by atoms with Gasteiger partial charge in [0.05, 0.1) is 17.4 Å².